The number of amides is 2. The summed E-state index contributed by atoms with van der Waals surface area (Å²) in [5, 5.41) is 2.86. The summed E-state index contributed by atoms with van der Waals surface area (Å²) < 4.78 is 30.5. The highest BCUT2D eigenvalue weighted by molar-refractivity contribution is 7.95. The Morgan fingerprint density at radius 3 is 2.25 bits per heavy atom. The quantitative estimate of drug-likeness (QED) is 0.410. The first-order valence-corrected chi connectivity index (χ1v) is 15.0. The molecule has 0 aromatic heterocycles. The van der Waals surface area contributed by atoms with Crippen molar-refractivity contribution in [3.05, 3.63) is 95.1 Å². The van der Waals surface area contributed by atoms with E-state index in [9.17, 15) is 18.4 Å². The number of anilines is 1. The van der Waals surface area contributed by atoms with E-state index in [1.54, 1.807) is 31.2 Å². The molecule has 40 heavy (non-hydrogen) atoms. The van der Waals surface area contributed by atoms with Crippen LogP contribution in [0.3, 0.4) is 0 Å². The molecule has 2 N–H and O–H groups in total. The second-order valence-electron chi connectivity index (χ2n) is 10.0. The van der Waals surface area contributed by atoms with Gasteiger partial charge in [0.15, 0.2) is 0 Å². The molecule has 1 fully saturated rings. The maximum absolute atomic E-state index is 13.2. The number of nitrogens with zero attached hydrogens (tertiary/aromatic N) is 3. The van der Waals surface area contributed by atoms with Crippen LogP contribution < -0.4 is 5.32 Å². The summed E-state index contributed by atoms with van der Waals surface area (Å²) in [4.78, 5) is 28.9. The molecule has 2 heterocycles. The smallest absolute Gasteiger partial charge is 0.409 e. The Balaban J connectivity index is 1.14. The fourth-order valence-corrected chi connectivity index (χ4v) is 6.56. The number of ether oxygens (including phenoxy) is 1. The minimum Gasteiger partial charge on any atom is -0.450 e. The van der Waals surface area contributed by atoms with Gasteiger partial charge in [-0.25, -0.2) is 4.79 Å². The van der Waals surface area contributed by atoms with Gasteiger partial charge in [-0.3, -0.25) is 9.69 Å². The van der Waals surface area contributed by atoms with Crippen LogP contribution in [0, 0.1) is 0 Å². The van der Waals surface area contributed by atoms with Gasteiger partial charge in [-0.1, -0.05) is 40.7 Å². The van der Waals surface area contributed by atoms with E-state index in [1.807, 2.05) is 24.3 Å². The van der Waals surface area contributed by atoms with E-state index in [4.69, 9.17) is 4.74 Å². The minimum absolute atomic E-state index is 0.244. The van der Waals surface area contributed by atoms with Crippen molar-refractivity contribution in [2.24, 2.45) is 0 Å². The monoisotopic (exact) mass is 563 g/mol. The van der Waals surface area contributed by atoms with E-state index >= 15 is 0 Å². The average molecular weight is 564 g/mol. The zero-order valence-electron chi connectivity index (χ0n) is 22.6. The number of nitrogens with one attached hydrogen (secondary N) is 1. The van der Waals surface area contributed by atoms with Crippen molar-refractivity contribution < 1.29 is 23.1 Å². The third-order valence-electron chi connectivity index (χ3n) is 7.37. The normalized spacial score (nSPS) is 17.5. The van der Waals surface area contributed by atoms with Crippen molar-refractivity contribution in [2.45, 2.75) is 31.3 Å². The summed E-state index contributed by atoms with van der Waals surface area (Å²) in [6.45, 7) is 5.95. The van der Waals surface area contributed by atoms with Gasteiger partial charge in [0.1, 0.15) is 0 Å². The number of hydrogen-bond donors (Lipinski definition) is 2. The summed E-state index contributed by atoms with van der Waals surface area (Å²) in [7, 11) is -3.47. The van der Waals surface area contributed by atoms with Crippen LogP contribution in [0.15, 0.2) is 77.7 Å². The highest BCUT2D eigenvalue weighted by Gasteiger charge is 2.41. The Bertz CT molecular complexity index is 1390. The standard InChI is InChI=1S/C30H34N4O5S/c1-2-39-30(36)33-17-19-34(20-18-33)40(37,38)28-13-11-27(12-14-28)31-29(35)25-9-7-23(8-10-25)21-32-16-15-24-5-3-4-6-26(24)22-32/h3-14H,2,15-22H2,1H3,(H-,31,35,37,38)/p+1. The van der Waals surface area contributed by atoms with E-state index in [1.165, 1.54) is 20.3 Å². The van der Waals surface area contributed by atoms with Crippen LogP contribution in [-0.4, -0.2) is 70.0 Å². The fraction of sp³-hybridized carbons (Fsp3) is 0.333. The van der Waals surface area contributed by atoms with Crippen LogP contribution in [0.25, 0.3) is 0 Å². The van der Waals surface area contributed by atoms with Gasteiger partial charge in [-0.05, 0) is 58.5 Å². The van der Waals surface area contributed by atoms with Crippen LogP contribution >= 0.6 is 0 Å². The summed E-state index contributed by atoms with van der Waals surface area (Å²) >= 11 is 0. The maximum atomic E-state index is 13.2. The first-order valence-electron chi connectivity index (χ1n) is 13.6. The molecule has 0 spiro atoms. The van der Waals surface area contributed by atoms with Gasteiger partial charge in [0.05, 0.1) is 19.7 Å². The molecular formula is C30H35N4O5S+. The Kier molecular flexibility index (Phi) is 8.60. The average Bonchev–Trinajstić information content (AvgIpc) is 2.98. The van der Waals surface area contributed by atoms with Crippen LogP contribution in [0.1, 0.15) is 34.0 Å². The molecule has 0 saturated carbocycles. The maximum Gasteiger partial charge on any atom is 0.409 e. The van der Waals surface area contributed by atoms with Crippen molar-refractivity contribution in [1.82, 2.24) is 14.1 Å². The van der Waals surface area contributed by atoms with Gasteiger partial charge in [0.25, 0.3) is 5.91 Å². The van der Waals surface area contributed by atoms with Crippen LogP contribution in [-0.2, 0) is 38.9 Å². The van der Waals surface area contributed by atoms with Crippen molar-refractivity contribution in [1.29, 1.82) is 0 Å². The number of carbonyl (C=O) groups is 2. The number of piperazine rings is 1. The lowest BCUT2D eigenvalue weighted by molar-refractivity contribution is 0.0923. The van der Waals surface area contributed by atoms with E-state index in [0.717, 1.165) is 31.6 Å². The molecule has 3 aromatic rings. The fourth-order valence-electron chi connectivity index (χ4n) is 5.11. The van der Waals surface area contributed by atoms with Gasteiger partial charge >= 0.3 is 16.5 Å². The molecule has 1 saturated heterocycles. The molecule has 0 aliphatic carbocycles. The van der Waals surface area contributed by atoms with Crippen molar-refractivity contribution in [3.63, 3.8) is 0 Å². The zero-order valence-corrected chi connectivity index (χ0v) is 23.4. The van der Waals surface area contributed by atoms with Crippen molar-refractivity contribution in [2.75, 3.05) is 44.6 Å². The Morgan fingerprint density at radius 1 is 0.900 bits per heavy atom. The third-order valence-corrected chi connectivity index (χ3v) is 9.32. The third kappa shape index (κ3) is 6.42. The molecule has 210 valence electrons. The number of benzene rings is 3. The van der Waals surface area contributed by atoms with E-state index in [2.05, 4.69) is 34.5 Å². The second-order valence-corrected chi connectivity index (χ2v) is 12.0. The molecule has 1 unspecified atom stereocenters. The van der Waals surface area contributed by atoms with Gasteiger partial charge in [0.2, 0.25) is 4.90 Å². The van der Waals surface area contributed by atoms with E-state index in [-0.39, 0.29) is 23.9 Å². The Hall–Kier alpha value is -3.57. The van der Waals surface area contributed by atoms with E-state index in [0.29, 0.717) is 30.9 Å². The summed E-state index contributed by atoms with van der Waals surface area (Å²) in [5.41, 5.74) is 5.04. The minimum atomic E-state index is -3.47. The lowest BCUT2D eigenvalue weighted by atomic mass is 9.99. The summed E-state index contributed by atoms with van der Waals surface area (Å²) in [5.74, 6) is -0.244. The number of fused-ring (bicyclic) bond motifs is 1. The number of rotatable bonds is 7. The number of carbonyl (C=O) groups excluding carboxylic acids is 2. The van der Waals surface area contributed by atoms with Crippen LogP contribution in [0.5, 0.6) is 0 Å². The lowest BCUT2D eigenvalue weighted by Gasteiger charge is -2.31. The van der Waals surface area contributed by atoms with E-state index < -0.39 is 16.5 Å². The molecule has 2 amide bonds. The molecule has 1 atom stereocenters. The summed E-state index contributed by atoms with van der Waals surface area (Å²) in [6.07, 6.45) is 0.641. The zero-order chi connectivity index (χ0) is 28.1. The van der Waals surface area contributed by atoms with Crippen LogP contribution in [0.2, 0.25) is 0 Å². The molecule has 5 rings (SSSR count). The Labute approximate surface area is 236 Å². The highest BCUT2D eigenvalue weighted by Crippen LogP contribution is 2.25. The molecule has 0 bridgehead atoms. The summed E-state index contributed by atoms with van der Waals surface area (Å²) in [6, 6.07) is 22.6. The first-order chi connectivity index (χ1) is 19.3. The van der Waals surface area contributed by atoms with Gasteiger partial charge < -0.3 is 15.0 Å². The molecule has 9 nitrogen and oxygen atoms in total. The van der Waals surface area contributed by atoms with Gasteiger partial charge in [-0.2, -0.15) is 4.55 Å². The van der Waals surface area contributed by atoms with Crippen molar-refractivity contribution >= 4 is 28.1 Å². The van der Waals surface area contributed by atoms with Crippen LogP contribution in [0.4, 0.5) is 10.5 Å². The predicted molar refractivity (Wildman–Crippen MR) is 154 cm³/mol. The topological polar surface area (TPSA) is 102 Å². The second kappa shape index (κ2) is 12.3. The van der Waals surface area contributed by atoms with Gasteiger partial charge in [0, 0.05) is 56.1 Å². The Morgan fingerprint density at radius 2 is 1.57 bits per heavy atom. The highest BCUT2D eigenvalue weighted by atomic mass is 32.3. The molecule has 0 radical (unpaired) electrons. The molecular weight excluding hydrogens is 528 g/mol. The molecule has 3 aromatic carbocycles. The predicted octanol–water partition coefficient (Wildman–Crippen LogP) is 4.52. The largest absolute Gasteiger partial charge is 0.450 e. The molecule has 10 heteroatoms. The van der Waals surface area contributed by atoms with Gasteiger partial charge in [-0.15, -0.1) is 0 Å². The number of hydrogen-bond acceptors (Lipinski definition) is 5. The SMILES string of the molecule is CCOC(=O)N1CCN([S+](=O)(O)c2ccc(NC(=O)c3ccc(CN4CCc5ccccc5C4)cc3)cc2)CC1. The lowest BCUT2D eigenvalue weighted by Crippen LogP contribution is -2.52. The molecule has 2 aliphatic heterocycles. The molecule has 2 aliphatic rings. The van der Waals surface area contributed by atoms with Crippen molar-refractivity contribution in [3.8, 4) is 0 Å². The first kappa shape index (κ1) is 28.0.